The lowest BCUT2D eigenvalue weighted by atomic mass is 10.1. The minimum Gasteiger partial charge on any atom is -0.309 e. The van der Waals surface area contributed by atoms with Crippen molar-refractivity contribution in [3.63, 3.8) is 0 Å². The average Bonchev–Trinajstić information content (AvgIpc) is 3.87. The Balaban J connectivity index is 1.26. The highest BCUT2D eigenvalue weighted by Crippen LogP contribution is 2.39. The first-order valence-electron chi connectivity index (χ1n) is 16.2. The molecule has 0 atom stereocenters. The summed E-state index contributed by atoms with van der Waals surface area (Å²) in [5.41, 5.74) is 7.39. The standard InChI is InChI=1S/C42H27N7/c1-4-14-28(15-5-1)39-44-40(29-16-6-2-7-17-29)46-41(45-39)47-25-24-43-42(47)49-36-23-13-11-21-32(36)34-26-37-33(27-38(34)49)31-20-10-12-22-35(31)48(37)30-18-8-3-9-19-30/h1-27H. The Morgan fingerprint density at radius 3 is 1.49 bits per heavy atom. The fourth-order valence-electron chi connectivity index (χ4n) is 7.02. The van der Waals surface area contributed by atoms with E-state index in [0.717, 1.165) is 44.1 Å². The predicted octanol–water partition coefficient (Wildman–Crippen LogP) is 9.59. The maximum Gasteiger partial charge on any atom is 0.240 e. The number of hydrogen-bond acceptors (Lipinski definition) is 4. The van der Waals surface area contributed by atoms with Crippen LogP contribution in [0.3, 0.4) is 0 Å². The maximum atomic E-state index is 5.01. The second-order valence-corrected chi connectivity index (χ2v) is 12.0. The largest absolute Gasteiger partial charge is 0.309 e. The zero-order chi connectivity index (χ0) is 32.3. The summed E-state index contributed by atoms with van der Waals surface area (Å²) in [7, 11) is 0. The second kappa shape index (κ2) is 10.9. The fraction of sp³-hybridized carbons (Fsp3) is 0. The van der Waals surface area contributed by atoms with Crippen LogP contribution < -0.4 is 0 Å². The van der Waals surface area contributed by atoms with Gasteiger partial charge in [-0.15, -0.1) is 0 Å². The Kier molecular flexibility index (Phi) is 6.04. The van der Waals surface area contributed by atoms with E-state index < -0.39 is 0 Å². The molecule has 7 heteroatoms. The molecule has 4 aromatic heterocycles. The SMILES string of the molecule is c1ccc(-c2nc(-c3ccccc3)nc(-n3ccnc3-n3c4ccccc4c4cc5c(cc43)c3ccccc3n5-c3ccccc3)n2)cc1. The molecule has 0 unspecified atom stereocenters. The summed E-state index contributed by atoms with van der Waals surface area (Å²) in [6.45, 7) is 0. The smallest absolute Gasteiger partial charge is 0.240 e. The van der Waals surface area contributed by atoms with E-state index in [-0.39, 0.29) is 0 Å². The first kappa shape index (κ1) is 27.3. The lowest BCUT2D eigenvalue weighted by Gasteiger charge is -2.12. The van der Waals surface area contributed by atoms with Crippen LogP contribution in [-0.4, -0.2) is 33.6 Å². The molecule has 10 aromatic rings. The van der Waals surface area contributed by atoms with Gasteiger partial charge in [0.1, 0.15) is 0 Å². The molecule has 49 heavy (non-hydrogen) atoms. The fourth-order valence-corrected chi connectivity index (χ4v) is 7.02. The van der Waals surface area contributed by atoms with Gasteiger partial charge in [-0.3, -0.25) is 9.13 Å². The third kappa shape index (κ3) is 4.29. The van der Waals surface area contributed by atoms with Crippen molar-refractivity contribution in [2.45, 2.75) is 0 Å². The molecule has 4 heterocycles. The Bertz CT molecular complexity index is 2760. The number of imidazole rings is 1. The summed E-state index contributed by atoms with van der Waals surface area (Å²) >= 11 is 0. The van der Waals surface area contributed by atoms with Gasteiger partial charge in [-0.05, 0) is 36.4 Å². The molecule has 0 amide bonds. The number of para-hydroxylation sites is 3. The van der Waals surface area contributed by atoms with E-state index in [9.17, 15) is 0 Å². The molecule has 0 radical (unpaired) electrons. The van der Waals surface area contributed by atoms with Crippen LogP contribution in [0, 0.1) is 0 Å². The van der Waals surface area contributed by atoms with Crippen LogP contribution in [0.1, 0.15) is 0 Å². The van der Waals surface area contributed by atoms with Gasteiger partial charge in [-0.1, -0.05) is 115 Å². The molecule has 6 aromatic carbocycles. The van der Waals surface area contributed by atoms with Gasteiger partial charge in [0, 0.05) is 50.8 Å². The first-order valence-corrected chi connectivity index (χ1v) is 16.2. The van der Waals surface area contributed by atoms with Crippen LogP contribution in [-0.2, 0) is 0 Å². The molecule has 10 rings (SSSR count). The summed E-state index contributed by atoms with van der Waals surface area (Å²) in [4.78, 5) is 19.9. The van der Waals surface area contributed by atoms with Crippen molar-refractivity contribution in [3.8, 4) is 40.4 Å². The summed E-state index contributed by atoms with van der Waals surface area (Å²) in [6.07, 6.45) is 3.73. The molecule has 0 saturated carbocycles. The molecule has 7 nitrogen and oxygen atoms in total. The molecular formula is C42H27N7. The molecule has 0 fully saturated rings. The van der Waals surface area contributed by atoms with E-state index >= 15 is 0 Å². The molecule has 0 aliphatic rings. The zero-order valence-corrected chi connectivity index (χ0v) is 26.2. The van der Waals surface area contributed by atoms with Gasteiger partial charge in [0.05, 0.1) is 22.1 Å². The van der Waals surface area contributed by atoms with Crippen molar-refractivity contribution in [3.05, 3.63) is 164 Å². The summed E-state index contributed by atoms with van der Waals surface area (Å²) < 4.78 is 6.55. The summed E-state index contributed by atoms with van der Waals surface area (Å²) in [5.74, 6) is 2.39. The number of fused-ring (bicyclic) bond motifs is 6. The molecule has 0 aliphatic heterocycles. The lowest BCUT2D eigenvalue weighted by molar-refractivity contribution is 0.859. The van der Waals surface area contributed by atoms with Gasteiger partial charge in [-0.2, -0.15) is 9.97 Å². The van der Waals surface area contributed by atoms with Gasteiger partial charge in [0.15, 0.2) is 11.6 Å². The Morgan fingerprint density at radius 2 is 0.898 bits per heavy atom. The highest BCUT2D eigenvalue weighted by atomic mass is 15.3. The van der Waals surface area contributed by atoms with Crippen molar-refractivity contribution in [2.75, 3.05) is 0 Å². The molecule has 0 spiro atoms. The number of aromatic nitrogens is 7. The van der Waals surface area contributed by atoms with Crippen LogP contribution in [0.5, 0.6) is 0 Å². The van der Waals surface area contributed by atoms with Crippen LogP contribution >= 0.6 is 0 Å². The minimum atomic E-state index is 0.493. The van der Waals surface area contributed by atoms with E-state index in [2.05, 4.69) is 100 Å². The van der Waals surface area contributed by atoms with Crippen LogP contribution in [0.15, 0.2) is 164 Å². The van der Waals surface area contributed by atoms with Crippen LogP contribution in [0.25, 0.3) is 84.0 Å². The van der Waals surface area contributed by atoms with Crippen molar-refractivity contribution in [2.24, 2.45) is 0 Å². The van der Waals surface area contributed by atoms with Crippen molar-refractivity contribution in [1.82, 2.24) is 33.6 Å². The average molecular weight is 630 g/mol. The highest BCUT2D eigenvalue weighted by molar-refractivity contribution is 6.18. The van der Waals surface area contributed by atoms with Crippen LogP contribution in [0.2, 0.25) is 0 Å². The molecular weight excluding hydrogens is 603 g/mol. The third-order valence-electron chi connectivity index (χ3n) is 9.20. The molecule has 230 valence electrons. The van der Waals surface area contributed by atoms with E-state index in [4.69, 9.17) is 19.9 Å². The monoisotopic (exact) mass is 629 g/mol. The van der Waals surface area contributed by atoms with E-state index in [1.165, 1.54) is 16.3 Å². The number of nitrogens with zero attached hydrogens (tertiary/aromatic N) is 7. The van der Waals surface area contributed by atoms with Gasteiger partial charge in [0.2, 0.25) is 11.9 Å². The Hall–Kier alpha value is -6.86. The van der Waals surface area contributed by atoms with Crippen LogP contribution in [0.4, 0.5) is 0 Å². The predicted molar refractivity (Wildman–Crippen MR) is 196 cm³/mol. The van der Waals surface area contributed by atoms with Gasteiger partial charge >= 0.3 is 0 Å². The van der Waals surface area contributed by atoms with E-state index in [1.807, 2.05) is 77.6 Å². The normalized spacial score (nSPS) is 11.7. The van der Waals surface area contributed by atoms with Gasteiger partial charge in [-0.25, -0.2) is 9.97 Å². The van der Waals surface area contributed by atoms with Gasteiger partial charge < -0.3 is 4.57 Å². The minimum absolute atomic E-state index is 0.493. The zero-order valence-electron chi connectivity index (χ0n) is 26.2. The second-order valence-electron chi connectivity index (χ2n) is 12.0. The van der Waals surface area contributed by atoms with E-state index in [0.29, 0.717) is 23.5 Å². The molecule has 0 N–H and O–H groups in total. The summed E-state index contributed by atoms with van der Waals surface area (Å²) in [6, 6.07) is 52.4. The van der Waals surface area contributed by atoms with Crippen molar-refractivity contribution < 1.29 is 0 Å². The molecule has 0 bridgehead atoms. The summed E-state index contributed by atoms with van der Waals surface area (Å²) in [5, 5.41) is 4.65. The number of hydrogen-bond donors (Lipinski definition) is 0. The van der Waals surface area contributed by atoms with Gasteiger partial charge in [0.25, 0.3) is 0 Å². The number of benzene rings is 6. The Labute approximate surface area is 281 Å². The molecule has 0 saturated heterocycles. The quantitative estimate of drug-likeness (QED) is 0.190. The lowest BCUT2D eigenvalue weighted by Crippen LogP contribution is -2.10. The van der Waals surface area contributed by atoms with Crippen molar-refractivity contribution in [1.29, 1.82) is 0 Å². The third-order valence-corrected chi connectivity index (χ3v) is 9.20. The molecule has 0 aliphatic carbocycles. The topological polar surface area (TPSA) is 66.3 Å². The van der Waals surface area contributed by atoms with E-state index in [1.54, 1.807) is 0 Å². The van der Waals surface area contributed by atoms with Crippen molar-refractivity contribution >= 4 is 43.6 Å². The maximum absolute atomic E-state index is 5.01. The Morgan fingerprint density at radius 1 is 0.408 bits per heavy atom. The number of rotatable bonds is 5. The highest BCUT2D eigenvalue weighted by Gasteiger charge is 2.22. The first-order chi connectivity index (χ1) is 24.3.